The molecule has 6 nitrogen and oxygen atoms in total. The van der Waals surface area contributed by atoms with Crippen LogP contribution in [0, 0.1) is 11.6 Å². The molecule has 1 fully saturated rings. The topological polar surface area (TPSA) is 69.7 Å². The maximum atomic E-state index is 14.1. The van der Waals surface area contributed by atoms with E-state index in [9.17, 15) is 22.0 Å². The molecule has 0 unspecified atom stereocenters. The minimum Gasteiger partial charge on any atom is -0.370 e. The third-order valence-corrected chi connectivity index (χ3v) is 7.50. The number of halogens is 2. The van der Waals surface area contributed by atoms with Crippen molar-refractivity contribution in [2.45, 2.75) is 38.0 Å². The quantitative estimate of drug-likeness (QED) is 0.684. The number of hydrogen-bond donors (Lipinski definition) is 1. The summed E-state index contributed by atoms with van der Waals surface area (Å²) in [7, 11) is -3.76. The van der Waals surface area contributed by atoms with Gasteiger partial charge in [-0.1, -0.05) is 19.9 Å². The van der Waals surface area contributed by atoms with E-state index in [1.807, 2.05) is 0 Å². The van der Waals surface area contributed by atoms with Crippen molar-refractivity contribution >= 4 is 27.3 Å². The standard InChI is InChI=1S/C22H27F2N3O3S/c1-3-27(4-2)31(29,30)16-11-12-20(26-13-6-5-7-14-26)19(15-16)25-22(28)17-9-8-10-18(23)21(17)24/h8-12,15H,3-7,13-14H2,1-2H3,(H,25,28). The fraction of sp³-hybridized carbons (Fsp3) is 0.409. The largest absolute Gasteiger partial charge is 0.370 e. The minimum absolute atomic E-state index is 0.0342. The van der Waals surface area contributed by atoms with Gasteiger partial charge in [0, 0.05) is 26.2 Å². The van der Waals surface area contributed by atoms with Gasteiger partial charge in [0.15, 0.2) is 11.6 Å². The summed E-state index contributed by atoms with van der Waals surface area (Å²) in [6, 6.07) is 7.95. The smallest absolute Gasteiger partial charge is 0.258 e. The van der Waals surface area contributed by atoms with Gasteiger partial charge in [-0.15, -0.1) is 0 Å². The molecular weight excluding hydrogens is 424 g/mol. The number of piperidine rings is 1. The fourth-order valence-corrected chi connectivity index (χ4v) is 5.25. The normalized spacial score (nSPS) is 14.7. The summed E-state index contributed by atoms with van der Waals surface area (Å²) in [5, 5.41) is 2.61. The Labute approximate surface area is 181 Å². The Morgan fingerprint density at radius 1 is 1.06 bits per heavy atom. The average molecular weight is 452 g/mol. The molecule has 168 valence electrons. The summed E-state index contributed by atoms with van der Waals surface area (Å²) in [5.41, 5.74) is 0.466. The van der Waals surface area contributed by atoms with Crippen LogP contribution in [0.5, 0.6) is 0 Å². The third-order valence-electron chi connectivity index (χ3n) is 5.45. The zero-order valence-corrected chi connectivity index (χ0v) is 18.5. The molecule has 2 aromatic rings. The molecule has 1 N–H and O–H groups in total. The molecular formula is C22H27F2N3O3S. The SMILES string of the molecule is CCN(CC)S(=O)(=O)c1ccc(N2CCCCC2)c(NC(=O)c2cccc(F)c2F)c1. The van der Waals surface area contributed by atoms with Crippen LogP contribution in [0.2, 0.25) is 0 Å². The second-order valence-corrected chi connectivity index (χ2v) is 9.31. The van der Waals surface area contributed by atoms with Gasteiger partial charge in [0.2, 0.25) is 10.0 Å². The lowest BCUT2D eigenvalue weighted by Crippen LogP contribution is -2.32. The lowest BCUT2D eigenvalue weighted by atomic mass is 10.1. The first-order chi connectivity index (χ1) is 14.8. The number of carbonyl (C=O) groups is 1. The van der Waals surface area contributed by atoms with Crippen LogP contribution >= 0.6 is 0 Å². The van der Waals surface area contributed by atoms with Crippen LogP contribution < -0.4 is 10.2 Å². The van der Waals surface area contributed by atoms with Crippen LogP contribution in [-0.2, 0) is 10.0 Å². The highest BCUT2D eigenvalue weighted by Crippen LogP contribution is 2.32. The predicted octanol–water partition coefficient (Wildman–Crippen LogP) is 4.24. The van der Waals surface area contributed by atoms with Crippen molar-refractivity contribution in [2.24, 2.45) is 0 Å². The summed E-state index contributed by atoms with van der Waals surface area (Å²) in [5.74, 6) is -3.21. The highest BCUT2D eigenvalue weighted by molar-refractivity contribution is 7.89. The molecule has 0 bridgehead atoms. The molecule has 1 aliphatic heterocycles. The molecule has 0 aliphatic carbocycles. The molecule has 1 amide bonds. The van der Waals surface area contributed by atoms with Crippen molar-refractivity contribution < 1.29 is 22.0 Å². The van der Waals surface area contributed by atoms with Gasteiger partial charge in [-0.25, -0.2) is 17.2 Å². The van der Waals surface area contributed by atoms with Gasteiger partial charge < -0.3 is 10.2 Å². The number of amides is 1. The summed E-state index contributed by atoms with van der Waals surface area (Å²) in [4.78, 5) is 14.8. The Morgan fingerprint density at radius 2 is 1.74 bits per heavy atom. The predicted molar refractivity (Wildman–Crippen MR) is 117 cm³/mol. The molecule has 0 aromatic heterocycles. The van der Waals surface area contributed by atoms with Crippen LogP contribution in [0.25, 0.3) is 0 Å². The first-order valence-electron chi connectivity index (χ1n) is 10.4. The van der Waals surface area contributed by atoms with E-state index in [0.29, 0.717) is 18.8 Å². The van der Waals surface area contributed by atoms with E-state index in [1.165, 1.54) is 28.6 Å². The maximum absolute atomic E-state index is 14.1. The molecule has 0 spiro atoms. The van der Waals surface area contributed by atoms with Crippen molar-refractivity contribution in [3.05, 3.63) is 53.6 Å². The average Bonchev–Trinajstić information content (AvgIpc) is 2.76. The van der Waals surface area contributed by atoms with Crippen molar-refractivity contribution in [1.29, 1.82) is 0 Å². The number of hydrogen-bond acceptors (Lipinski definition) is 4. The van der Waals surface area contributed by atoms with E-state index < -0.39 is 33.1 Å². The van der Waals surface area contributed by atoms with Crippen LogP contribution in [0.1, 0.15) is 43.5 Å². The number of rotatable bonds is 7. The Hall–Kier alpha value is -2.52. The molecule has 1 aliphatic rings. The van der Waals surface area contributed by atoms with Crippen LogP contribution in [0.4, 0.5) is 20.2 Å². The summed E-state index contributed by atoms with van der Waals surface area (Å²) in [6.07, 6.45) is 3.05. The molecule has 0 radical (unpaired) electrons. The second-order valence-electron chi connectivity index (χ2n) is 7.37. The molecule has 3 rings (SSSR count). The molecule has 2 aromatic carbocycles. The fourth-order valence-electron chi connectivity index (χ4n) is 3.77. The molecule has 9 heteroatoms. The lowest BCUT2D eigenvalue weighted by molar-refractivity contribution is 0.102. The van der Waals surface area contributed by atoms with E-state index in [0.717, 1.165) is 38.4 Å². The van der Waals surface area contributed by atoms with Gasteiger partial charge in [-0.05, 0) is 49.6 Å². The van der Waals surface area contributed by atoms with Gasteiger partial charge in [-0.3, -0.25) is 4.79 Å². The van der Waals surface area contributed by atoms with Gasteiger partial charge in [0.1, 0.15) is 0 Å². The van der Waals surface area contributed by atoms with E-state index >= 15 is 0 Å². The molecule has 0 atom stereocenters. The second kappa shape index (κ2) is 9.74. The van der Waals surface area contributed by atoms with E-state index in [1.54, 1.807) is 19.9 Å². The van der Waals surface area contributed by atoms with E-state index in [4.69, 9.17) is 0 Å². The van der Waals surface area contributed by atoms with Gasteiger partial charge in [0.05, 0.1) is 21.8 Å². The van der Waals surface area contributed by atoms with Gasteiger partial charge in [-0.2, -0.15) is 4.31 Å². The minimum atomic E-state index is -3.76. The first kappa shape index (κ1) is 23.1. The van der Waals surface area contributed by atoms with E-state index in [2.05, 4.69) is 10.2 Å². The van der Waals surface area contributed by atoms with E-state index in [-0.39, 0.29) is 10.6 Å². The van der Waals surface area contributed by atoms with Crippen molar-refractivity contribution in [1.82, 2.24) is 4.31 Å². The number of nitrogens with zero attached hydrogens (tertiary/aromatic N) is 2. The van der Waals surface area contributed by atoms with Crippen molar-refractivity contribution in [2.75, 3.05) is 36.4 Å². The Bertz CT molecular complexity index is 1050. The summed E-state index contributed by atoms with van der Waals surface area (Å²) < 4.78 is 55.0. The molecule has 1 heterocycles. The summed E-state index contributed by atoms with van der Waals surface area (Å²) >= 11 is 0. The monoisotopic (exact) mass is 451 g/mol. The molecule has 1 saturated heterocycles. The Balaban J connectivity index is 2.03. The number of carbonyl (C=O) groups excluding carboxylic acids is 1. The zero-order valence-electron chi connectivity index (χ0n) is 17.7. The third kappa shape index (κ3) is 4.88. The Kier molecular flexibility index (Phi) is 7.27. The summed E-state index contributed by atoms with van der Waals surface area (Å²) in [6.45, 7) is 5.64. The number of benzene rings is 2. The number of sulfonamides is 1. The molecule has 0 saturated carbocycles. The highest BCUT2D eigenvalue weighted by Gasteiger charge is 2.25. The maximum Gasteiger partial charge on any atom is 0.258 e. The first-order valence-corrected chi connectivity index (χ1v) is 11.9. The molecule has 31 heavy (non-hydrogen) atoms. The van der Waals surface area contributed by atoms with Crippen molar-refractivity contribution in [3.63, 3.8) is 0 Å². The highest BCUT2D eigenvalue weighted by atomic mass is 32.2. The van der Waals surface area contributed by atoms with Gasteiger partial charge >= 0.3 is 0 Å². The van der Waals surface area contributed by atoms with Crippen LogP contribution in [0.3, 0.4) is 0 Å². The number of anilines is 2. The number of nitrogens with one attached hydrogen (secondary N) is 1. The van der Waals surface area contributed by atoms with Crippen LogP contribution in [0.15, 0.2) is 41.3 Å². The lowest BCUT2D eigenvalue weighted by Gasteiger charge is -2.31. The Morgan fingerprint density at radius 3 is 2.39 bits per heavy atom. The van der Waals surface area contributed by atoms with Crippen molar-refractivity contribution in [3.8, 4) is 0 Å². The van der Waals surface area contributed by atoms with Gasteiger partial charge in [0.25, 0.3) is 5.91 Å². The zero-order chi connectivity index (χ0) is 22.6. The van der Waals surface area contributed by atoms with Crippen LogP contribution in [-0.4, -0.2) is 44.8 Å².